The zero-order chi connectivity index (χ0) is 19.7. The van der Waals surface area contributed by atoms with Crippen molar-refractivity contribution in [2.75, 3.05) is 24.6 Å². The summed E-state index contributed by atoms with van der Waals surface area (Å²) in [5, 5.41) is 0. The molecule has 0 N–H and O–H groups in total. The summed E-state index contributed by atoms with van der Waals surface area (Å²) in [5.74, 6) is 1.37. The van der Waals surface area contributed by atoms with E-state index >= 15 is 0 Å². The van der Waals surface area contributed by atoms with Crippen molar-refractivity contribution in [2.45, 2.75) is 31.6 Å². The summed E-state index contributed by atoms with van der Waals surface area (Å²) in [4.78, 5) is 23.6. The van der Waals surface area contributed by atoms with Gasteiger partial charge in [-0.3, -0.25) is 4.79 Å². The van der Waals surface area contributed by atoms with Crippen LogP contribution in [0.2, 0.25) is 0 Å². The predicted molar refractivity (Wildman–Crippen MR) is 107 cm³/mol. The van der Waals surface area contributed by atoms with Gasteiger partial charge in [0.2, 0.25) is 5.91 Å². The van der Waals surface area contributed by atoms with Crippen LogP contribution in [-0.2, 0) is 14.6 Å². The number of sulfone groups is 1. The summed E-state index contributed by atoms with van der Waals surface area (Å²) < 4.78 is 23.4. The van der Waals surface area contributed by atoms with E-state index in [1.807, 2.05) is 36.1 Å². The van der Waals surface area contributed by atoms with Gasteiger partial charge in [0.05, 0.1) is 11.5 Å². The molecule has 7 heteroatoms. The lowest BCUT2D eigenvalue weighted by molar-refractivity contribution is -0.131. The summed E-state index contributed by atoms with van der Waals surface area (Å²) in [6.07, 6.45) is 2.68. The van der Waals surface area contributed by atoms with Crippen LogP contribution in [-0.4, -0.2) is 53.8 Å². The zero-order valence-electron chi connectivity index (χ0n) is 16.0. The van der Waals surface area contributed by atoms with Crippen LogP contribution in [0, 0.1) is 12.8 Å². The van der Waals surface area contributed by atoms with Crippen LogP contribution in [0.3, 0.4) is 0 Å². The largest absolute Gasteiger partial charge is 0.341 e. The van der Waals surface area contributed by atoms with Crippen molar-refractivity contribution in [3.05, 3.63) is 59.7 Å². The Balaban J connectivity index is 1.55. The van der Waals surface area contributed by atoms with Crippen LogP contribution >= 0.6 is 0 Å². The number of amides is 1. The molecule has 1 amide bonds. The van der Waals surface area contributed by atoms with Gasteiger partial charge in [-0.15, -0.1) is 0 Å². The van der Waals surface area contributed by atoms with Crippen molar-refractivity contribution in [1.82, 2.24) is 14.9 Å². The molecule has 2 aliphatic rings. The molecule has 2 saturated heterocycles. The van der Waals surface area contributed by atoms with E-state index in [0.717, 1.165) is 11.5 Å². The van der Waals surface area contributed by atoms with E-state index in [1.165, 1.54) is 5.56 Å². The normalized spacial score (nSPS) is 26.5. The van der Waals surface area contributed by atoms with Gasteiger partial charge in [0.25, 0.3) is 0 Å². The Morgan fingerprint density at radius 2 is 1.89 bits per heavy atom. The summed E-state index contributed by atoms with van der Waals surface area (Å²) in [6.45, 7) is 3.11. The summed E-state index contributed by atoms with van der Waals surface area (Å²) in [5.41, 5.74) is 2.16. The lowest BCUT2D eigenvalue weighted by Gasteiger charge is -2.18. The monoisotopic (exact) mass is 399 g/mol. The fourth-order valence-corrected chi connectivity index (χ4v) is 6.30. The van der Waals surface area contributed by atoms with E-state index in [1.54, 1.807) is 6.20 Å². The second kappa shape index (κ2) is 7.62. The van der Waals surface area contributed by atoms with Crippen molar-refractivity contribution in [1.29, 1.82) is 0 Å². The SMILES string of the molecule is Cc1nccc([C@@H]2CN(C(=O)C[C@H]3CCS(=O)(=O)C3)C[C@H]2c2ccccc2)n1. The molecule has 148 valence electrons. The molecular weight excluding hydrogens is 374 g/mol. The van der Waals surface area contributed by atoms with Crippen molar-refractivity contribution in [3.8, 4) is 0 Å². The average molecular weight is 400 g/mol. The molecule has 0 aliphatic carbocycles. The number of nitrogens with zero attached hydrogens (tertiary/aromatic N) is 3. The molecule has 0 bridgehead atoms. The minimum atomic E-state index is -2.96. The van der Waals surface area contributed by atoms with Gasteiger partial charge in [0, 0.05) is 43.2 Å². The maximum Gasteiger partial charge on any atom is 0.222 e. The van der Waals surface area contributed by atoms with Crippen LogP contribution in [0.1, 0.15) is 41.8 Å². The molecule has 2 aliphatic heterocycles. The Labute approximate surface area is 165 Å². The van der Waals surface area contributed by atoms with Crippen molar-refractivity contribution in [2.24, 2.45) is 5.92 Å². The van der Waals surface area contributed by atoms with Crippen LogP contribution in [0.4, 0.5) is 0 Å². The van der Waals surface area contributed by atoms with E-state index < -0.39 is 9.84 Å². The van der Waals surface area contributed by atoms with Gasteiger partial charge in [0.1, 0.15) is 5.82 Å². The third kappa shape index (κ3) is 4.09. The number of hydrogen-bond acceptors (Lipinski definition) is 5. The minimum absolute atomic E-state index is 0.0481. The first kappa shape index (κ1) is 19.1. The number of likely N-dealkylation sites (tertiary alicyclic amines) is 1. The number of hydrogen-bond donors (Lipinski definition) is 0. The fraction of sp³-hybridized carbons (Fsp3) is 0.476. The number of carbonyl (C=O) groups excluding carboxylic acids is 1. The maximum atomic E-state index is 12.9. The van der Waals surface area contributed by atoms with E-state index in [9.17, 15) is 13.2 Å². The molecule has 0 spiro atoms. The van der Waals surface area contributed by atoms with Crippen molar-refractivity contribution in [3.63, 3.8) is 0 Å². The molecule has 0 unspecified atom stereocenters. The third-order valence-corrected chi connectivity index (χ3v) is 7.70. The molecule has 0 radical (unpaired) electrons. The Morgan fingerprint density at radius 3 is 2.57 bits per heavy atom. The summed E-state index contributed by atoms with van der Waals surface area (Å²) >= 11 is 0. The van der Waals surface area contributed by atoms with Gasteiger partial charge in [-0.2, -0.15) is 0 Å². The highest BCUT2D eigenvalue weighted by molar-refractivity contribution is 7.91. The molecule has 1 aromatic carbocycles. The number of benzene rings is 1. The molecular formula is C21H25N3O3S. The van der Waals surface area contributed by atoms with Crippen LogP contribution in [0.5, 0.6) is 0 Å². The van der Waals surface area contributed by atoms with Crippen LogP contribution in [0.15, 0.2) is 42.6 Å². The molecule has 2 fully saturated rings. The van der Waals surface area contributed by atoms with Gasteiger partial charge in [-0.05, 0) is 30.9 Å². The first-order chi connectivity index (χ1) is 13.4. The Morgan fingerprint density at radius 1 is 1.14 bits per heavy atom. The van der Waals surface area contributed by atoms with Crippen molar-refractivity contribution >= 4 is 15.7 Å². The van der Waals surface area contributed by atoms with E-state index in [-0.39, 0.29) is 35.2 Å². The summed E-state index contributed by atoms with van der Waals surface area (Å²) in [7, 11) is -2.96. The first-order valence-electron chi connectivity index (χ1n) is 9.74. The van der Waals surface area contributed by atoms with Crippen LogP contribution < -0.4 is 0 Å². The highest BCUT2D eigenvalue weighted by atomic mass is 32.2. The molecule has 2 aromatic rings. The third-order valence-electron chi connectivity index (χ3n) is 5.87. The second-order valence-electron chi connectivity index (χ2n) is 7.92. The smallest absolute Gasteiger partial charge is 0.222 e. The lowest BCUT2D eigenvalue weighted by Crippen LogP contribution is -2.30. The van der Waals surface area contributed by atoms with Gasteiger partial charge in [-0.1, -0.05) is 30.3 Å². The van der Waals surface area contributed by atoms with Crippen molar-refractivity contribution < 1.29 is 13.2 Å². The molecule has 4 rings (SSSR count). The highest BCUT2D eigenvalue weighted by Crippen LogP contribution is 2.39. The number of aromatic nitrogens is 2. The number of carbonyl (C=O) groups is 1. The van der Waals surface area contributed by atoms with Gasteiger partial charge in [0.15, 0.2) is 9.84 Å². The first-order valence-corrected chi connectivity index (χ1v) is 11.6. The Hall–Kier alpha value is -2.28. The molecule has 28 heavy (non-hydrogen) atoms. The lowest BCUT2D eigenvalue weighted by atomic mass is 9.87. The quantitative estimate of drug-likeness (QED) is 0.788. The topological polar surface area (TPSA) is 80.2 Å². The fourth-order valence-electron chi connectivity index (χ4n) is 4.44. The Bertz CT molecular complexity index is 962. The van der Waals surface area contributed by atoms with E-state index in [0.29, 0.717) is 25.9 Å². The standard InChI is InChI=1S/C21H25N3O3S/c1-15-22-9-7-20(23-15)19-13-24(12-18(19)17-5-3-2-4-6-17)21(25)11-16-8-10-28(26,27)14-16/h2-7,9,16,18-19H,8,10-14H2,1H3/t16-,18+,19-/m1/s1. The zero-order valence-corrected chi connectivity index (χ0v) is 16.8. The molecule has 1 aromatic heterocycles. The van der Waals surface area contributed by atoms with Gasteiger partial charge in [-0.25, -0.2) is 18.4 Å². The predicted octanol–water partition coefficient (Wildman–Crippen LogP) is 2.32. The maximum absolute atomic E-state index is 12.9. The van der Waals surface area contributed by atoms with E-state index in [4.69, 9.17) is 0 Å². The van der Waals surface area contributed by atoms with Crippen LogP contribution in [0.25, 0.3) is 0 Å². The second-order valence-corrected chi connectivity index (χ2v) is 10.2. The average Bonchev–Trinajstić information content (AvgIpc) is 3.26. The molecule has 6 nitrogen and oxygen atoms in total. The van der Waals surface area contributed by atoms with Gasteiger partial charge >= 0.3 is 0 Å². The highest BCUT2D eigenvalue weighted by Gasteiger charge is 2.39. The summed E-state index contributed by atoms with van der Waals surface area (Å²) in [6, 6.07) is 12.2. The Kier molecular flexibility index (Phi) is 5.19. The number of aryl methyl sites for hydroxylation is 1. The molecule has 0 saturated carbocycles. The molecule has 3 heterocycles. The number of rotatable bonds is 4. The van der Waals surface area contributed by atoms with Gasteiger partial charge < -0.3 is 4.90 Å². The van der Waals surface area contributed by atoms with E-state index in [2.05, 4.69) is 22.1 Å². The molecule has 3 atom stereocenters. The minimum Gasteiger partial charge on any atom is -0.341 e.